The van der Waals surface area contributed by atoms with Gasteiger partial charge in [0.05, 0.1) is 0 Å². The standard InChI is InChI=1S/C10H23NS/c1-6-9(2)11-7-8-12-10(3,4)5/h9,11H,6-8H2,1-5H3. The number of rotatable bonds is 5. The largest absolute Gasteiger partial charge is 0.313 e. The summed E-state index contributed by atoms with van der Waals surface area (Å²) < 4.78 is 0.414. The van der Waals surface area contributed by atoms with Crippen LogP contribution in [0.1, 0.15) is 41.0 Å². The molecule has 0 aromatic carbocycles. The van der Waals surface area contributed by atoms with Gasteiger partial charge in [-0.15, -0.1) is 0 Å². The molecule has 0 aromatic rings. The Hall–Kier alpha value is 0.310. The van der Waals surface area contributed by atoms with Crippen LogP contribution in [0.25, 0.3) is 0 Å². The molecule has 0 aliphatic heterocycles. The average molecular weight is 189 g/mol. The Bertz CT molecular complexity index is 107. The second-order valence-corrected chi connectivity index (χ2v) is 6.15. The van der Waals surface area contributed by atoms with Crippen molar-refractivity contribution in [3.05, 3.63) is 0 Å². The Morgan fingerprint density at radius 3 is 2.33 bits per heavy atom. The number of nitrogens with one attached hydrogen (secondary N) is 1. The predicted molar refractivity (Wildman–Crippen MR) is 60.0 cm³/mol. The third kappa shape index (κ3) is 8.41. The predicted octanol–water partition coefficient (Wildman–Crippen LogP) is 2.91. The van der Waals surface area contributed by atoms with Gasteiger partial charge in [-0.3, -0.25) is 0 Å². The SMILES string of the molecule is CCC(C)NCCSC(C)(C)C. The van der Waals surface area contributed by atoms with Gasteiger partial charge >= 0.3 is 0 Å². The third-order valence-electron chi connectivity index (χ3n) is 1.74. The second kappa shape index (κ2) is 5.87. The van der Waals surface area contributed by atoms with Crippen molar-refractivity contribution in [2.45, 2.75) is 51.8 Å². The molecule has 0 saturated carbocycles. The highest BCUT2D eigenvalue weighted by molar-refractivity contribution is 8.00. The van der Waals surface area contributed by atoms with Crippen LogP contribution in [-0.4, -0.2) is 23.1 Å². The highest BCUT2D eigenvalue weighted by Crippen LogP contribution is 2.21. The molecule has 1 unspecified atom stereocenters. The van der Waals surface area contributed by atoms with Crippen molar-refractivity contribution in [3.63, 3.8) is 0 Å². The van der Waals surface area contributed by atoms with Gasteiger partial charge in [0.25, 0.3) is 0 Å². The van der Waals surface area contributed by atoms with Crippen LogP contribution >= 0.6 is 11.8 Å². The summed E-state index contributed by atoms with van der Waals surface area (Å²) in [6.45, 7) is 12.4. The van der Waals surface area contributed by atoms with E-state index < -0.39 is 0 Å². The molecule has 1 atom stereocenters. The average Bonchev–Trinajstić information content (AvgIpc) is 1.96. The van der Waals surface area contributed by atoms with Crippen LogP contribution in [0, 0.1) is 0 Å². The zero-order chi connectivity index (χ0) is 9.61. The van der Waals surface area contributed by atoms with Crippen LogP contribution in [0.3, 0.4) is 0 Å². The Morgan fingerprint density at radius 2 is 1.92 bits per heavy atom. The molecule has 0 aliphatic rings. The van der Waals surface area contributed by atoms with E-state index >= 15 is 0 Å². The zero-order valence-corrected chi connectivity index (χ0v) is 9.92. The summed E-state index contributed by atoms with van der Waals surface area (Å²) in [5.74, 6) is 1.22. The van der Waals surface area contributed by atoms with Crippen molar-refractivity contribution in [1.82, 2.24) is 5.32 Å². The molecule has 1 N–H and O–H groups in total. The first-order valence-electron chi connectivity index (χ1n) is 4.83. The van der Waals surface area contributed by atoms with Crippen LogP contribution in [0.4, 0.5) is 0 Å². The maximum atomic E-state index is 3.48. The first kappa shape index (κ1) is 12.3. The minimum absolute atomic E-state index is 0.414. The second-order valence-electron chi connectivity index (χ2n) is 4.22. The summed E-state index contributed by atoms with van der Waals surface area (Å²) >= 11 is 2.02. The monoisotopic (exact) mass is 189 g/mol. The molecule has 0 aliphatic carbocycles. The molecule has 0 bridgehead atoms. The number of hydrogen-bond donors (Lipinski definition) is 1. The Balaban J connectivity index is 3.22. The minimum Gasteiger partial charge on any atom is -0.313 e. The van der Waals surface area contributed by atoms with E-state index in [1.807, 2.05) is 11.8 Å². The lowest BCUT2D eigenvalue weighted by Gasteiger charge is -2.18. The summed E-state index contributed by atoms with van der Waals surface area (Å²) in [5, 5.41) is 3.48. The van der Waals surface area contributed by atoms with E-state index in [1.54, 1.807) is 0 Å². The molecule has 0 heterocycles. The van der Waals surface area contributed by atoms with Gasteiger partial charge in [-0.05, 0) is 13.3 Å². The van der Waals surface area contributed by atoms with Crippen LogP contribution in [0.5, 0.6) is 0 Å². The molecule has 0 rings (SSSR count). The normalized spacial score (nSPS) is 14.8. The lowest BCUT2D eigenvalue weighted by Crippen LogP contribution is -2.28. The van der Waals surface area contributed by atoms with Crippen molar-refractivity contribution in [2.75, 3.05) is 12.3 Å². The van der Waals surface area contributed by atoms with Crippen LogP contribution in [-0.2, 0) is 0 Å². The van der Waals surface area contributed by atoms with E-state index in [9.17, 15) is 0 Å². The molecule has 0 fully saturated rings. The van der Waals surface area contributed by atoms with E-state index in [0.29, 0.717) is 10.8 Å². The molecule has 2 heteroatoms. The fourth-order valence-corrected chi connectivity index (χ4v) is 1.64. The Kier molecular flexibility index (Phi) is 6.02. The van der Waals surface area contributed by atoms with Crippen LogP contribution in [0.15, 0.2) is 0 Å². The van der Waals surface area contributed by atoms with Crippen molar-refractivity contribution in [3.8, 4) is 0 Å². The van der Waals surface area contributed by atoms with Crippen molar-refractivity contribution in [1.29, 1.82) is 0 Å². The van der Waals surface area contributed by atoms with E-state index in [0.717, 1.165) is 6.54 Å². The molecule has 0 spiro atoms. The van der Waals surface area contributed by atoms with E-state index in [4.69, 9.17) is 0 Å². The van der Waals surface area contributed by atoms with Gasteiger partial charge in [-0.2, -0.15) is 11.8 Å². The molecular weight excluding hydrogens is 166 g/mol. The first-order valence-corrected chi connectivity index (χ1v) is 5.81. The summed E-state index contributed by atoms with van der Waals surface area (Å²) in [4.78, 5) is 0. The van der Waals surface area contributed by atoms with Gasteiger partial charge in [0, 0.05) is 23.1 Å². The smallest absolute Gasteiger partial charge is 0.00755 e. The summed E-state index contributed by atoms with van der Waals surface area (Å²) in [5.41, 5.74) is 0. The summed E-state index contributed by atoms with van der Waals surface area (Å²) in [6, 6.07) is 0.672. The molecular formula is C10H23NS. The third-order valence-corrected chi connectivity index (χ3v) is 3.02. The Morgan fingerprint density at radius 1 is 1.33 bits per heavy atom. The number of thioether (sulfide) groups is 1. The molecule has 0 saturated heterocycles. The Labute approximate surface area is 81.7 Å². The van der Waals surface area contributed by atoms with Gasteiger partial charge < -0.3 is 5.32 Å². The lowest BCUT2D eigenvalue weighted by atomic mass is 10.3. The quantitative estimate of drug-likeness (QED) is 0.667. The van der Waals surface area contributed by atoms with Crippen molar-refractivity contribution >= 4 is 11.8 Å². The summed E-state index contributed by atoms with van der Waals surface area (Å²) in [7, 11) is 0. The van der Waals surface area contributed by atoms with Crippen molar-refractivity contribution < 1.29 is 0 Å². The van der Waals surface area contributed by atoms with E-state index in [2.05, 4.69) is 39.9 Å². The molecule has 1 nitrogen and oxygen atoms in total. The topological polar surface area (TPSA) is 12.0 Å². The zero-order valence-electron chi connectivity index (χ0n) is 9.11. The highest BCUT2D eigenvalue weighted by atomic mass is 32.2. The van der Waals surface area contributed by atoms with Gasteiger partial charge in [-0.25, -0.2) is 0 Å². The summed E-state index contributed by atoms with van der Waals surface area (Å²) in [6.07, 6.45) is 1.22. The van der Waals surface area contributed by atoms with E-state index in [-0.39, 0.29) is 0 Å². The fourth-order valence-electron chi connectivity index (χ4n) is 0.807. The number of hydrogen-bond acceptors (Lipinski definition) is 2. The highest BCUT2D eigenvalue weighted by Gasteiger charge is 2.09. The first-order chi connectivity index (χ1) is 5.45. The van der Waals surface area contributed by atoms with Crippen molar-refractivity contribution in [2.24, 2.45) is 0 Å². The van der Waals surface area contributed by atoms with Gasteiger partial charge in [-0.1, -0.05) is 27.7 Å². The van der Waals surface area contributed by atoms with Gasteiger partial charge in [0.1, 0.15) is 0 Å². The van der Waals surface area contributed by atoms with Gasteiger partial charge in [0.2, 0.25) is 0 Å². The molecule has 74 valence electrons. The molecule has 0 amide bonds. The van der Waals surface area contributed by atoms with E-state index in [1.165, 1.54) is 12.2 Å². The maximum Gasteiger partial charge on any atom is 0.00755 e. The molecule has 12 heavy (non-hydrogen) atoms. The fraction of sp³-hybridized carbons (Fsp3) is 1.00. The van der Waals surface area contributed by atoms with Gasteiger partial charge in [0.15, 0.2) is 0 Å². The molecule has 0 aromatic heterocycles. The van der Waals surface area contributed by atoms with Crippen LogP contribution in [0.2, 0.25) is 0 Å². The minimum atomic E-state index is 0.414. The molecule has 0 radical (unpaired) electrons. The lowest BCUT2D eigenvalue weighted by molar-refractivity contribution is 0.554. The van der Waals surface area contributed by atoms with Crippen LogP contribution < -0.4 is 5.32 Å². The maximum absolute atomic E-state index is 3.48.